The first-order valence-electron chi connectivity index (χ1n) is 12.1. The maximum absolute atomic E-state index is 12.7. The summed E-state index contributed by atoms with van der Waals surface area (Å²) in [4.78, 5) is 38.4. The number of hydrogen-bond acceptors (Lipinski definition) is 7. The molecule has 0 atom stereocenters. The van der Waals surface area contributed by atoms with Crippen molar-refractivity contribution >= 4 is 18.0 Å². The molecule has 2 aromatic rings. The lowest BCUT2D eigenvalue weighted by molar-refractivity contribution is -0.132. The van der Waals surface area contributed by atoms with Gasteiger partial charge in [0.25, 0.3) is 5.91 Å². The minimum absolute atomic E-state index is 0.136. The van der Waals surface area contributed by atoms with E-state index in [9.17, 15) is 14.4 Å². The summed E-state index contributed by atoms with van der Waals surface area (Å²) >= 11 is 0. The lowest BCUT2D eigenvalue weighted by Gasteiger charge is -2.32. The molecule has 1 fully saturated rings. The van der Waals surface area contributed by atoms with Gasteiger partial charge in [-0.1, -0.05) is 6.07 Å². The smallest absolute Gasteiger partial charge is 0.493 e. The number of carbonyl (C=O) groups excluding carboxylic acids is 3. The highest BCUT2D eigenvalue weighted by Gasteiger charge is 2.23. The summed E-state index contributed by atoms with van der Waals surface area (Å²) in [5.74, 6) is 1.90. The second-order valence-electron chi connectivity index (χ2n) is 8.53. The fraction of sp³-hybridized carbons (Fsp3) is 0.444. The third-order valence-corrected chi connectivity index (χ3v) is 6.17. The number of methoxy groups -OCH3 is 2. The molecule has 0 radical (unpaired) electrons. The van der Waals surface area contributed by atoms with Crippen molar-refractivity contribution in [2.45, 2.75) is 32.6 Å². The molecule has 9 nitrogen and oxygen atoms in total. The maximum Gasteiger partial charge on any atom is 0.513 e. The second kappa shape index (κ2) is 13.4. The molecule has 1 saturated heterocycles. The predicted octanol–water partition coefficient (Wildman–Crippen LogP) is 3.84. The number of piperidine rings is 1. The van der Waals surface area contributed by atoms with Gasteiger partial charge in [-0.15, -0.1) is 0 Å². The molecule has 1 N–H and O–H groups in total. The lowest BCUT2D eigenvalue weighted by atomic mass is 9.96. The summed E-state index contributed by atoms with van der Waals surface area (Å²) in [5, 5.41) is 2.96. The highest BCUT2D eigenvalue weighted by atomic mass is 16.7. The molecule has 2 aromatic carbocycles. The van der Waals surface area contributed by atoms with Crippen molar-refractivity contribution in [3.63, 3.8) is 0 Å². The molecule has 0 unspecified atom stereocenters. The van der Waals surface area contributed by atoms with E-state index in [-0.39, 0.29) is 18.4 Å². The average molecular weight is 499 g/mol. The lowest BCUT2D eigenvalue weighted by Crippen LogP contribution is -2.41. The number of benzene rings is 2. The van der Waals surface area contributed by atoms with Crippen LogP contribution in [-0.2, 0) is 16.0 Å². The van der Waals surface area contributed by atoms with E-state index in [0.29, 0.717) is 61.2 Å². The van der Waals surface area contributed by atoms with Gasteiger partial charge < -0.3 is 29.2 Å². The van der Waals surface area contributed by atoms with Gasteiger partial charge in [0, 0.05) is 31.6 Å². The number of nitrogens with zero attached hydrogens (tertiary/aromatic N) is 1. The van der Waals surface area contributed by atoms with E-state index >= 15 is 0 Å². The SMILES string of the molecule is CCOC(=O)Oc1ccc(C(=O)NCC2CCN(C(=O)CCc3ccc(OC)c(OC)c3)CC2)cc1. The Bertz CT molecular complexity index is 1030. The van der Waals surface area contributed by atoms with Crippen molar-refractivity contribution in [3.8, 4) is 17.2 Å². The fourth-order valence-corrected chi connectivity index (χ4v) is 4.09. The number of rotatable bonds is 10. The first-order chi connectivity index (χ1) is 17.4. The van der Waals surface area contributed by atoms with Crippen molar-refractivity contribution in [2.24, 2.45) is 5.92 Å². The molecule has 0 spiro atoms. The van der Waals surface area contributed by atoms with Crippen LogP contribution in [0, 0.1) is 5.92 Å². The fourth-order valence-electron chi connectivity index (χ4n) is 4.09. The highest BCUT2D eigenvalue weighted by molar-refractivity contribution is 5.94. The minimum atomic E-state index is -0.777. The molecular formula is C27H34N2O7. The molecule has 36 heavy (non-hydrogen) atoms. The Hall–Kier alpha value is -3.75. The van der Waals surface area contributed by atoms with Crippen molar-refractivity contribution in [3.05, 3.63) is 53.6 Å². The van der Waals surface area contributed by atoms with Gasteiger partial charge in [0.1, 0.15) is 5.75 Å². The van der Waals surface area contributed by atoms with E-state index in [4.69, 9.17) is 18.9 Å². The van der Waals surface area contributed by atoms with Crippen molar-refractivity contribution in [2.75, 3.05) is 40.5 Å². The van der Waals surface area contributed by atoms with Gasteiger partial charge in [0.15, 0.2) is 11.5 Å². The van der Waals surface area contributed by atoms with Crippen LogP contribution in [0.1, 0.15) is 42.1 Å². The number of likely N-dealkylation sites (tertiary alicyclic amines) is 1. The molecule has 0 aromatic heterocycles. The normalized spacial score (nSPS) is 13.6. The molecular weight excluding hydrogens is 464 g/mol. The van der Waals surface area contributed by atoms with Gasteiger partial charge >= 0.3 is 6.16 Å². The summed E-state index contributed by atoms with van der Waals surface area (Å²) in [7, 11) is 3.19. The zero-order chi connectivity index (χ0) is 25.9. The number of ether oxygens (including phenoxy) is 4. The number of nitrogens with one attached hydrogen (secondary N) is 1. The van der Waals surface area contributed by atoms with Gasteiger partial charge in [-0.3, -0.25) is 9.59 Å². The molecule has 194 valence electrons. The maximum atomic E-state index is 12.7. The molecule has 0 bridgehead atoms. The van der Waals surface area contributed by atoms with Crippen LogP contribution in [-0.4, -0.2) is 63.3 Å². The van der Waals surface area contributed by atoms with Crippen LogP contribution in [0.15, 0.2) is 42.5 Å². The van der Waals surface area contributed by atoms with E-state index < -0.39 is 6.16 Å². The minimum Gasteiger partial charge on any atom is -0.493 e. The van der Waals surface area contributed by atoms with E-state index in [1.165, 1.54) is 0 Å². The van der Waals surface area contributed by atoms with Gasteiger partial charge in [0.05, 0.1) is 20.8 Å². The Balaban J connectivity index is 1.38. The number of hydrogen-bond donors (Lipinski definition) is 1. The van der Waals surface area contributed by atoms with Gasteiger partial charge in [0.2, 0.25) is 5.91 Å². The Morgan fingerprint density at radius 2 is 1.67 bits per heavy atom. The van der Waals surface area contributed by atoms with E-state index in [2.05, 4.69) is 5.32 Å². The average Bonchev–Trinajstić information content (AvgIpc) is 2.91. The molecule has 0 aliphatic carbocycles. The first kappa shape index (κ1) is 26.8. The van der Waals surface area contributed by atoms with Crippen LogP contribution >= 0.6 is 0 Å². The van der Waals surface area contributed by atoms with Crippen LogP contribution in [0.4, 0.5) is 4.79 Å². The predicted molar refractivity (Wildman–Crippen MR) is 134 cm³/mol. The summed E-state index contributed by atoms with van der Waals surface area (Å²) in [6.45, 7) is 3.84. The molecule has 9 heteroatoms. The third-order valence-electron chi connectivity index (χ3n) is 6.17. The molecule has 1 aliphatic heterocycles. The Morgan fingerprint density at radius 3 is 2.31 bits per heavy atom. The van der Waals surface area contributed by atoms with Crippen molar-refractivity contribution < 1.29 is 33.3 Å². The van der Waals surface area contributed by atoms with Gasteiger partial charge in [-0.25, -0.2) is 4.79 Å². The molecule has 1 aliphatic rings. The summed E-state index contributed by atoms with van der Waals surface area (Å²) in [6.07, 6.45) is 1.98. The molecule has 0 saturated carbocycles. The molecule has 1 heterocycles. The molecule has 2 amide bonds. The Kier molecular flexibility index (Phi) is 9.97. The quantitative estimate of drug-likeness (QED) is 0.392. The van der Waals surface area contributed by atoms with Gasteiger partial charge in [-0.2, -0.15) is 0 Å². The summed E-state index contributed by atoms with van der Waals surface area (Å²) in [5.41, 5.74) is 1.51. The van der Waals surface area contributed by atoms with Crippen LogP contribution in [0.5, 0.6) is 17.2 Å². The third kappa shape index (κ3) is 7.63. The Labute approximate surface area is 211 Å². The number of amides is 2. The van der Waals surface area contributed by atoms with Crippen LogP contribution < -0.4 is 19.5 Å². The largest absolute Gasteiger partial charge is 0.513 e. The van der Waals surface area contributed by atoms with Crippen molar-refractivity contribution in [1.82, 2.24) is 10.2 Å². The zero-order valence-corrected chi connectivity index (χ0v) is 21.1. The standard InChI is InChI=1S/C27H34N2O7/c1-4-35-27(32)36-22-9-7-21(8-10-22)26(31)28-18-20-13-15-29(16-14-20)25(30)12-6-19-5-11-23(33-2)24(17-19)34-3/h5,7-11,17,20H,4,6,12-16,18H2,1-3H3,(H,28,31). The van der Waals surface area contributed by atoms with Crippen LogP contribution in [0.25, 0.3) is 0 Å². The Morgan fingerprint density at radius 1 is 0.972 bits per heavy atom. The van der Waals surface area contributed by atoms with Crippen molar-refractivity contribution in [1.29, 1.82) is 0 Å². The first-order valence-corrected chi connectivity index (χ1v) is 12.1. The van der Waals surface area contributed by atoms with Crippen LogP contribution in [0.3, 0.4) is 0 Å². The monoisotopic (exact) mass is 498 g/mol. The highest BCUT2D eigenvalue weighted by Crippen LogP contribution is 2.28. The number of carbonyl (C=O) groups is 3. The second-order valence-corrected chi connectivity index (χ2v) is 8.53. The van der Waals surface area contributed by atoms with Crippen LogP contribution in [0.2, 0.25) is 0 Å². The summed E-state index contributed by atoms with van der Waals surface area (Å²) < 4.78 is 20.3. The van der Waals surface area contributed by atoms with E-state index in [0.717, 1.165) is 18.4 Å². The van der Waals surface area contributed by atoms with E-state index in [1.54, 1.807) is 45.4 Å². The zero-order valence-electron chi connectivity index (χ0n) is 21.1. The van der Waals surface area contributed by atoms with Gasteiger partial charge in [-0.05, 0) is 74.1 Å². The summed E-state index contributed by atoms with van der Waals surface area (Å²) in [6, 6.07) is 12.0. The van der Waals surface area contributed by atoms with E-state index in [1.807, 2.05) is 23.1 Å². The number of aryl methyl sites for hydroxylation is 1. The molecule has 3 rings (SSSR count). The topological polar surface area (TPSA) is 103 Å².